The molecule has 6 nitrogen and oxygen atoms in total. The SMILES string of the molecule is O=c1c(Cl)c(N2CCC(c3nc4ccccc4[nH]3)CC2)cnn1-c1ccc(Cl)cc1. The number of halogens is 2. The van der Waals surface area contributed by atoms with Gasteiger partial charge in [-0.05, 0) is 49.2 Å². The van der Waals surface area contributed by atoms with Gasteiger partial charge in [-0.3, -0.25) is 4.79 Å². The van der Waals surface area contributed by atoms with Crippen molar-refractivity contribution in [2.45, 2.75) is 18.8 Å². The zero-order valence-electron chi connectivity index (χ0n) is 16.1. The summed E-state index contributed by atoms with van der Waals surface area (Å²) in [5.74, 6) is 1.38. The van der Waals surface area contributed by atoms with Crippen LogP contribution in [0.1, 0.15) is 24.6 Å². The zero-order valence-corrected chi connectivity index (χ0v) is 17.6. The molecular weight excluding hydrogens is 421 g/mol. The average Bonchev–Trinajstić information content (AvgIpc) is 3.21. The van der Waals surface area contributed by atoms with Crippen LogP contribution in [0.15, 0.2) is 59.5 Å². The molecule has 1 aliphatic heterocycles. The first-order valence-electron chi connectivity index (χ1n) is 9.83. The van der Waals surface area contributed by atoms with E-state index in [4.69, 9.17) is 28.2 Å². The Morgan fingerprint density at radius 1 is 1.00 bits per heavy atom. The molecule has 0 aliphatic carbocycles. The van der Waals surface area contributed by atoms with Crippen molar-refractivity contribution in [2.24, 2.45) is 0 Å². The van der Waals surface area contributed by atoms with Gasteiger partial charge in [0.15, 0.2) is 0 Å². The molecule has 5 rings (SSSR count). The van der Waals surface area contributed by atoms with E-state index >= 15 is 0 Å². The molecule has 30 heavy (non-hydrogen) atoms. The van der Waals surface area contributed by atoms with Crippen molar-refractivity contribution in [2.75, 3.05) is 18.0 Å². The predicted octanol–water partition coefficient (Wildman–Crippen LogP) is 4.80. The Balaban J connectivity index is 1.35. The van der Waals surface area contributed by atoms with E-state index in [0.717, 1.165) is 42.8 Å². The van der Waals surface area contributed by atoms with Crippen molar-refractivity contribution in [3.05, 3.63) is 81.0 Å². The molecule has 4 aromatic rings. The third-order valence-electron chi connectivity index (χ3n) is 5.60. The number of nitrogens with one attached hydrogen (secondary N) is 1. The number of hydrogen-bond donors (Lipinski definition) is 1. The lowest BCUT2D eigenvalue weighted by atomic mass is 9.96. The summed E-state index contributed by atoms with van der Waals surface area (Å²) in [7, 11) is 0. The Hall–Kier alpha value is -2.83. The highest BCUT2D eigenvalue weighted by Crippen LogP contribution is 2.32. The van der Waals surface area contributed by atoms with Crippen molar-refractivity contribution in [1.82, 2.24) is 19.7 Å². The summed E-state index contributed by atoms with van der Waals surface area (Å²) in [4.78, 5) is 23.1. The molecule has 8 heteroatoms. The fourth-order valence-corrected chi connectivity index (χ4v) is 4.34. The van der Waals surface area contributed by atoms with Crippen molar-refractivity contribution >= 4 is 39.9 Å². The third-order valence-corrected chi connectivity index (χ3v) is 6.21. The van der Waals surface area contributed by atoms with Crippen LogP contribution in [0.4, 0.5) is 5.69 Å². The van der Waals surface area contributed by atoms with E-state index in [2.05, 4.69) is 15.0 Å². The van der Waals surface area contributed by atoms with E-state index < -0.39 is 0 Å². The normalized spacial score (nSPS) is 15.1. The zero-order chi connectivity index (χ0) is 20.7. The first-order valence-corrected chi connectivity index (χ1v) is 10.6. The van der Waals surface area contributed by atoms with Gasteiger partial charge in [0.25, 0.3) is 5.56 Å². The van der Waals surface area contributed by atoms with Crippen LogP contribution in [0.3, 0.4) is 0 Å². The molecule has 0 saturated carbocycles. The summed E-state index contributed by atoms with van der Waals surface area (Å²) >= 11 is 12.4. The number of nitrogens with zero attached hydrogens (tertiary/aromatic N) is 4. The first-order chi connectivity index (χ1) is 14.6. The summed E-state index contributed by atoms with van der Waals surface area (Å²) in [6, 6.07) is 15.0. The highest BCUT2D eigenvalue weighted by atomic mass is 35.5. The highest BCUT2D eigenvalue weighted by molar-refractivity contribution is 6.33. The Labute approximate surface area is 183 Å². The summed E-state index contributed by atoms with van der Waals surface area (Å²) in [5.41, 5.74) is 3.02. The number of para-hydroxylation sites is 2. The van der Waals surface area contributed by atoms with E-state index in [-0.39, 0.29) is 10.6 Å². The number of rotatable bonds is 3. The van der Waals surface area contributed by atoms with Gasteiger partial charge in [0.1, 0.15) is 10.8 Å². The summed E-state index contributed by atoms with van der Waals surface area (Å²) in [6.07, 6.45) is 3.52. The molecule has 2 aromatic heterocycles. The maximum absolute atomic E-state index is 12.8. The molecule has 0 bridgehead atoms. The van der Waals surface area contributed by atoms with Gasteiger partial charge in [0.05, 0.1) is 28.6 Å². The average molecular weight is 440 g/mol. The van der Waals surface area contributed by atoms with Crippen LogP contribution in [0, 0.1) is 0 Å². The monoisotopic (exact) mass is 439 g/mol. The Kier molecular flexibility index (Phi) is 4.97. The molecule has 1 aliphatic rings. The quantitative estimate of drug-likeness (QED) is 0.497. The second-order valence-corrected chi connectivity index (χ2v) is 8.25. The van der Waals surface area contributed by atoms with Gasteiger partial charge < -0.3 is 9.88 Å². The molecular formula is C22H19Cl2N5O. The fourth-order valence-electron chi connectivity index (χ4n) is 3.97. The van der Waals surface area contributed by atoms with Gasteiger partial charge in [0, 0.05) is 24.0 Å². The number of aromatic amines is 1. The lowest BCUT2D eigenvalue weighted by Gasteiger charge is -2.33. The van der Waals surface area contributed by atoms with Gasteiger partial charge in [0.2, 0.25) is 0 Å². The first kappa shape index (κ1) is 19.2. The molecule has 0 radical (unpaired) electrons. The number of anilines is 1. The summed E-state index contributed by atoms with van der Waals surface area (Å²) in [6.45, 7) is 1.57. The number of aromatic nitrogens is 4. The minimum Gasteiger partial charge on any atom is -0.369 e. The van der Waals surface area contributed by atoms with Gasteiger partial charge >= 0.3 is 0 Å². The van der Waals surface area contributed by atoms with Gasteiger partial charge in [-0.25, -0.2) is 4.98 Å². The Morgan fingerprint density at radius 3 is 2.47 bits per heavy atom. The van der Waals surface area contributed by atoms with Crippen LogP contribution in [0.25, 0.3) is 16.7 Å². The van der Waals surface area contributed by atoms with E-state index in [1.54, 1.807) is 30.5 Å². The van der Waals surface area contributed by atoms with Crippen LogP contribution in [0.2, 0.25) is 10.0 Å². The minimum absolute atomic E-state index is 0.183. The molecule has 0 atom stereocenters. The smallest absolute Gasteiger partial charge is 0.292 e. The lowest BCUT2D eigenvalue weighted by molar-refractivity contribution is 0.489. The number of imidazole rings is 1. The molecule has 2 aromatic carbocycles. The van der Waals surface area contributed by atoms with Gasteiger partial charge in [-0.2, -0.15) is 9.78 Å². The molecule has 1 saturated heterocycles. The Morgan fingerprint density at radius 2 is 1.73 bits per heavy atom. The van der Waals surface area contributed by atoms with E-state index in [0.29, 0.717) is 22.3 Å². The standard InChI is InChI=1S/C22H19Cl2N5O/c23-15-5-7-16(8-6-15)29-22(30)20(24)19(13-25-29)28-11-9-14(10-12-28)21-26-17-3-1-2-4-18(17)27-21/h1-8,13-14H,9-12H2,(H,26,27). The number of fused-ring (bicyclic) bond motifs is 1. The van der Waals surface area contributed by atoms with Crippen molar-refractivity contribution < 1.29 is 0 Å². The molecule has 0 unspecified atom stereocenters. The van der Waals surface area contributed by atoms with Crippen LogP contribution < -0.4 is 10.5 Å². The fraction of sp³-hybridized carbons (Fsp3) is 0.227. The predicted molar refractivity (Wildman–Crippen MR) is 120 cm³/mol. The second kappa shape index (κ2) is 7.78. The number of H-pyrrole nitrogens is 1. The lowest BCUT2D eigenvalue weighted by Crippen LogP contribution is -2.35. The summed E-state index contributed by atoms with van der Waals surface area (Å²) in [5, 5.41) is 5.12. The van der Waals surface area contributed by atoms with E-state index in [1.807, 2.05) is 24.3 Å². The highest BCUT2D eigenvalue weighted by Gasteiger charge is 2.25. The van der Waals surface area contributed by atoms with E-state index in [1.165, 1.54) is 4.68 Å². The largest absolute Gasteiger partial charge is 0.369 e. The maximum Gasteiger partial charge on any atom is 0.292 e. The molecule has 0 spiro atoms. The van der Waals surface area contributed by atoms with Crippen LogP contribution in [-0.2, 0) is 0 Å². The molecule has 1 fully saturated rings. The molecule has 1 N–H and O–H groups in total. The topological polar surface area (TPSA) is 66.8 Å². The van der Waals surface area contributed by atoms with Crippen molar-refractivity contribution in [3.63, 3.8) is 0 Å². The van der Waals surface area contributed by atoms with Crippen LogP contribution >= 0.6 is 23.2 Å². The van der Waals surface area contributed by atoms with Crippen LogP contribution in [0.5, 0.6) is 0 Å². The Bertz CT molecular complexity index is 1220. The van der Waals surface area contributed by atoms with Crippen LogP contribution in [-0.4, -0.2) is 32.8 Å². The van der Waals surface area contributed by atoms with Crippen molar-refractivity contribution in [1.29, 1.82) is 0 Å². The minimum atomic E-state index is -0.337. The molecule has 152 valence electrons. The molecule has 0 amide bonds. The van der Waals surface area contributed by atoms with Gasteiger partial charge in [-0.1, -0.05) is 35.3 Å². The van der Waals surface area contributed by atoms with Gasteiger partial charge in [-0.15, -0.1) is 0 Å². The number of piperidine rings is 1. The second-order valence-electron chi connectivity index (χ2n) is 7.44. The molecule has 3 heterocycles. The third kappa shape index (κ3) is 3.46. The number of benzene rings is 2. The summed E-state index contributed by atoms with van der Waals surface area (Å²) < 4.78 is 1.29. The maximum atomic E-state index is 12.8. The van der Waals surface area contributed by atoms with E-state index in [9.17, 15) is 4.79 Å². The number of hydrogen-bond acceptors (Lipinski definition) is 4. The van der Waals surface area contributed by atoms with Crippen molar-refractivity contribution in [3.8, 4) is 5.69 Å².